The number of hydrogen-bond acceptors (Lipinski definition) is 1. The fourth-order valence-corrected chi connectivity index (χ4v) is 3.09. The fourth-order valence-electron chi connectivity index (χ4n) is 2.79. The Hall–Kier alpha value is -1.47. The maximum absolute atomic E-state index is 6.13. The molecule has 0 saturated heterocycles. The molecule has 1 aliphatic heterocycles. The van der Waals surface area contributed by atoms with Crippen LogP contribution in [0.3, 0.4) is 0 Å². The summed E-state index contributed by atoms with van der Waals surface area (Å²) in [5, 5.41) is 4.46. The van der Waals surface area contributed by atoms with E-state index in [2.05, 4.69) is 49.5 Å². The second-order valence-electron chi connectivity index (χ2n) is 5.01. The van der Waals surface area contributed by atoms with E-state index >= 15 is 0 Å². The van der Waals surface area contributed by atoms with Gasteiger partial charge in [0.05, 0.1) is 6.04 Å². The molecular weight excluding hydrogens is 242 g/mol. The zero-order chi connectivity index (χ0) is 12.7. The Morgan fingerprint density at radius 3 is 2.67 bits per heavy atom. The third-order valence-electron chi connectivity index (χ3n) is 3.69. The van der Waals surface area contributed by atoms with E-state index < -0.39 is 0 Å². The first kappa shape index (κ1) is 11.6. The topological polar surface area (TPSA) is 12.0 Å². The molecule has 1 aliphatic rings. The van der Waals surface area contributed by atoms with Crippen LogP contribution in [-0.2, 0) is 6.42 Å². The van der Waals surface area contributed by atoms with Gasteiger partial charge in [-0.3, -0.25) is 0 Å². The normalized spacial score (nSPS) is 17.4. The molecule has 0 saturated carbocycles. The van der Waals surface area contributed by atoms with Crippen LogP contribution >= 0.6 is 11.6 Å². The molecule has 1 nitrogen and oxygen atoms in total. The van der Waals surface area contributed by atoms with E-state index in [9.17, 15) is 0 Å². The lowest BCUT2D eigenvalue weighted by Crippen LogP contribution is -2.07. The first-order valence-corrected chi connectivity index (χ1v) is 6.64. The number of fused-ring (bicyclic) bond motifs is 1. The van der Waals surface area contributed by atoms with Crippen LogP contribution in [0.5, 0.6) is 0 Å². The Kier molecular flexibility index (Phi) is 2.79. The van der Waals surface area contributed by atoms with E-state index in [1.54, 1.807) is 0 Å². The molecule has 0 radical (unpaired) electrons. The maximum Gasteiger partial charge on any atom is 0.0557 e. The number of benzene rings is 2. The minimum atomic E-state index is 0.373. The highest BCUT2D eigenvalue weighted by atomic mass is 35.5. The molecule has 2 aromatic rings. The Bertz CT molecular complexity index is 604. The van der Waals surface area contributed by atoms with Gasteiger partial charge < -0.3 is 5.32 Å². The van der Waals surface area contributed by atoms with E-state index in [4.69, 9.17) is 11.6 Å². The van der Waals surface area contributed by atoms with Crippen LogP contribution in [0.4, 0.5) is 5.69 Å². The Morgan fingerprint density at radius 1 is 1.11 bits per heavy atom. The molecule has 1 atom stereocenters. The van der Waals surface area contributed by atoms with Crippen molar-refractivity contribution >= 4 is 17.3 Å². The van der Waals surface area contributed by atoms with E-state index in [1.165, 1.54) is 27.9 Å². The van der Waals surface area contributed by atoms with Gasteiger partial charge in [-0.25, -0.2) is 0 Å². The molecule has 0 fully saturated rings. The van der Waals surface area contributed by atoms with Crippen molar-refractivity contribution in [1.82, 2.24) is 0 Å². The summed E-state index contributed by atoms with van der Waals surface area (Å²) < 4.78 is 0. The number of nitrogens with one attached hydrogen (secondary N) is 1. The molecule has 0 spiro atoms. The summed E-state index contributed by atoms with van der Waals surface area (Å²) in [4.78, 5) is 0. The van der Waals surface area contributed by atoms with Crippen molar-refractivity contribution in [2.24, 2.45) is 0 Å². The van der Waals surface area contributed by atoms with Gasteiger partial charge in [-0.15, -0.1) is 0 Å². The zero-order valence-corrected chi connectivity index (χ0v) is 11.4. The average molecular weight is 258 g/mol. The van der Waals surface area contributed by atoms with E-state index in [0.29, 0.717) is 6.04 Å². The van der Waals surface area contributed by atoms with Crippen LogP contribution in [-0.4, -0.2) is 0 Å². The highest BCUT2D eigenvalue weighted by Gasteiger charge is 2.24. The second-order valence-corrected chi connectivity index (χ2v) is 5.45. The molecule has 2 heteroatoms. The van der Waals surface area contributed by atoms with Crippen molar-refractivity contribution in [2.75, 3.05) is 5.32 Å². The quantitative estimate of drug-likeness (QED) is 0.783. The predicted molar refractivity (Wildman–Crippen MR) is 77.4 cm³/mol. The molecule has 92 valence electrons. The SMILES string of the molecule is Cc1ccccc1C1Cc2cc(Cl)cc(C)c2N1. The number of anilines is 1. The van der Waals surface area contributed by atoms with Gasteiger partial charge >= 0.3 is 0 Å². The lowest BCUT2D eigenvalue weighted by Gasteiger charge is -2.14. The lowest BCUT2D eigenvalue weighted by atomic mass is 9.98. The minimum Gasteiger partial charge on any atom is -0.377 e. The van der Waals surface area contributed by atoms with Crippen molar-refractivity contribution in [2.45, 2.75) is 26.3 Å². The summed E-state index contributed by atoms with van der Waals surface area (Å²) in [6.07, 6.45) is 1.02. The third kappa shape index (κ3) is 1.89. The molecule has 18 heavy (non-hydrogen) atoms. The third-order valence-corrected chi connectivity index (χ3v) is 3.91. The van der Waals surface area contributed by atoms with E-state index in [1.807, 2.05) is 6.07 Å². The molecule has 1 unspecified atom stereocenters. The molecule has 0 amide bonds. The minimum absolute atomic E-state index is 0.373. The Labute approximate surface area is 113 Å². The van der Waals surface area contributed by atoms with Gasteiger partial charge in [0.2, 0.25) is 0 Å². The van der Waals surface area contributed by atoms with Gasteiger partial charge in [-0.05, 0) is 54.7 Å². The van der Waals surface area contributed by atoms with E-state index in [0.717, 1.165) is 11.4 Å². The summed E-state index contributed by atoms with van der Waals surface area (Å²) in [7, 11) is 0. The van der Waals surface area contributed by atoms with Crippen molar-refractivity contribution in [3.05, 3.63) is 63.7 Å². The smallest absolute Gasteiger partial charge is 0.0557 e. The van der Waals surface area contributed by atoms with Crippen LogP contribution in [0.15, 0.2) is 36.4 Å². The first-order chi connectivity index (χ1) is 8.65. The lowest BCUT2D eigenvalue weighted by molar-refractivity contribution is 0.816. The predicted octanol–water partition coefficient (Wildman–Crippen LogP) is 4.67. The van der Waals surface area contributed by atoms with Gasteiger partial charge in [-0.1, -0.05) is 35.9 Å². The molecule has 1 heterocycles. The van der Waals surface area contributed by atoms with E-state index in [-0.39, 0.29) is 0 Å². The average Bonchev–Trinajstić information content (AvgIpc) is 2.73. The Morgan fingerprint density at radius 2 is 1.89 bits per heavy atom. The molecule has 0 bridgehead atoms. The largest absolute Gasteiger partial charge is 0.377 e. The van der Waals surface area contributed by atoms with Crippen molar-refractivity contribution in [1.29, 1.82) is 0 Å². The monoisotopic (exact) mass is 257 g/mol. The molecule has 2 aromatic carbocycles. The van der Waals surface area contributed by atoms with Crippen molar-refractivity contribution in [3.8, 4) is 0 Å². The van der Waals surface area contributed by atoms with Gasteiger partial charge in [0.1, 0.15) is 0 Å². The summed E-state index contributed by atoms with van der Waals surface area (Å²) in [5.74, 6) is 0. The van der Waals surface area contributed by atoms with Crippen molar-refractivity contribution < 1.29 is 0 Å². The standard InChI is InChI=1S/C16H16ClN/c1-10-5-3-4-6-14(10)15-9-12-8-13(17)7-11(2)16(12)18-15/h3-8,15,18H,9H2,1-2H3. The molecule has 3 rings (SSSR count). The van der Waals surface area contributed by atoms with Crippen LogP contribution in [0, 0.1) is 13.8 Å². The second kappa shape index (κ2) is 4.33. The molecule has 0 aliphatic carbocycles. The van der Waals surface area contributed by atoms with Crippen molar-refractivity contribution in [3.63, 3.8) is 0 Å². The summed E-state index contributed by atoms with van der Waals surface area (Å²) in [6.45, 7) is 4.28. The fraction of sp³-hybridized carbons (Fsp3) is 0.250. The van der Waals surface area contributed by atoms with Crippen LogP contribution in [0.1, 0.15) is 28.3 Å². The highest BCUT2D eigenvalue weighted by molar-refractivity contribution is 6.30. The Balaban J connectivity index is 1.99. The van der Waals surface area contributed by atoms with Gasteiger partial charge in [0.25, 0.3) is 0 Å². The van der Waals surface area contributed by atoms with Crippen LogP contribution in [0.2, 0.25) is 5.02 Å². The van der Waals surface area contributed by atoms with Gasteiger partial charge in [-0.2, -0.15) is 0 Å². The summed E-state index contributed by atoms with van der Waals surface area (Å²) >= 11 is 6.13. The number of hydrogen-bond donors (Lipinski definition) is 1. The molecule has 0 aromatic heterocycles. The van der Waals surface area contributed by atoms with Crippen LogP contribution < -0.4 is 5.32 Å². The van der Waals surface area contributed by atoms with Gasteiger partial charge in [0, 0.05) is 10.7 Å². The molecule has 1 N–H and O–H groups in total. The summed E-state index contributed by atoms with van der Waals surface area (Å²) in [6, 6.07) is 13.0. The highest BCUT2D eigenvalue weighted by Crippen LogP contribution is 2.38. The maximum atomic E-state index is 6.13. The van der Waals surface area contributed by atoms with Crippen LogP contribution in [0.25, 0.3) is 0 Å². The number of halogens is 1. The number of rotatable bonds is 1. The van der Waals surface area contributed by atoms with Gasteiger partial charge in [0.15, 0.2) is 0 Å². The first-order valence-electron chi connectivity index (χ1n) is 6.26. The molecular formula is C16H16ClN. The zero-order valence-electron chi connectivity index (χ0n) is 10.6. The number of aryl methyl sites for hydroxylation is 2. The summed E-state index contributed by atoms with van der Waals surface area (Å²) in [5.41, 5.74) is 6.53.